The molecule has 0 bridgehead atoms. The number of para-hydroxylation sites is 1. The number of ether oxygens (including phenoxy) is 1. The van der Waals surface area contributed by atoms with Crippen LogP contribution in [0, 0.1) is 5.92 Å². The lowest BCUT2D eigenvalue weighted by molar-refractivity contribution is -0.146. The third-order valence-corrected chi connectivity index (χ3v) is 11.5. The van der Waals surface area contributed by atoms with Gasteiger partial charge in [-0.2, -0.15) is 0 Å². The van der Waals surface area contributed by atoms with E-state index < -0.39 is 20.0 Å². The Kier molecular flexibility index (Phi) is 6.66. The highest BCUT2D eigenvalue weighted by Crippen LogP contribution is 2.60. The Morgan fingerprint density at radius 3 is 2.58 bits per heavy atom. The third kappa shape index (κ3) is 4.12. The second kappa shape index (κ2) is 9.81. The van der Waals surface area contributed by atoms with Crippen molar-refractivity contribution in [3.63, 3.8) is 0 Å². The summed E-state index contributed by atoms with van der Waals surface area (Å²) in [6, 6.07) is 20.7. The Morgan fingerprint density at radius 1 is 1.07 bits per heavy atom. The van der Waals surface area contributed by atoms with E-state index >= 15 is 0 Å². The van der Waals surface area contributed by atoms with Crippen molar-refractivity contribution in [2.45, 2.75) is 50.2 Å². The highest BCUT2D eigenvalue weighted by Gasteiger charge is 2.66. The number of fused-ring (bicyclic) bond motifs is 3. The molecule has 0 unspecified atom stereocenters. The SMILES string of the molecule is C[C@@H]1[C@@H]([Si](C)(C)O)[C@H](CCO)O[C@@]12C(=O)N(Cc1cccc(-n3[nH]c4ccccc4c3=O)c1)c1ccc(Br)cc12. The quantitative estimate of drug-likeness (QED) is 0.268. The molecule has 0 aliphatic carbocycles. The first-order valence-electron chi connectivity index (χ1n) is 13.5. The molecule has 4 atom stereocenters. The lowest BCUT2D eigenvalue weighted by Gasteiger charge is -2.32. The zero-order chi connectivity index (χ0) is 28.4. The van der Waals surface area contributed by atoms with Gasteiger partial charge in [0.2, 0.25) is 0 Å². The van der Waals surface area contributed by atoms with Crippen LogP contribution in [0.15, 0.2) is 76.0 Å². The molecule has 1 saturated heterocycles. The summed E-state index contributed by atoms with van der Waals surface area (Å²) in [7, 11) is -2.76. The Bertz CT molecular complexity index is 1680. The van der Waals surface area contributed by atoms with Crippen LogP contribution in [0.3, 0.4) is 0 Å². The number of H-pyrrole nitrogens is 1. The van der Waals surface area contributed by atoms with Crippen molar-refractivity contribution in [2.24, 2.45) is 5.92 Å². The molecule has 208 valence electrons. The number of nitrogens with one attached hydrogen (secondary N) is 1. The van der Waals surface area contributed by atoms with Gasteiger partial charge in [-0.15, -0.1) is 0 Å². The molecule has 40 heavy (non-hydrogen) atoms. The molecule has 8 nitrogen and oxygen atoms in total. The van der Waals surface area contributed by atoms with Crippen molar-refractivity contribution in [2.75, 3.05) is 11.5 Å². The molecular weight excluding hydrogens is 590 g/mol. The van der Waals surface area contributed by atoms with E-state index in [0.717, 1.165) is 26.8 Å². The van der Waals surface area contributed by atoms with Crippen LogP contribution in [0.25, 0.3) is 16.6 Å². The first-order chi connectivity index (χ1) is 19.1. The van der Waals surface area contributed by atoms with Crippen LogP contribution >= 0.6 is 15.9 Å². The van der Waals surface area contributed by atoms with E-state index in [-0.39, 0.29) is 36.1 Å². The molecule has 1 spiro atoms. The molecule has 2 aliphatic rings. The molecule has 1 amide bonds. The highest BCUT2D eigenvalue weighted by atomic mass is 79.9. The van der Waals surface area contributed by atoms with Gasteiger partial charge in [-0.05, 0) is 67.5 Å². The van der Waals surface area contributed by atoms with Gasteiger partial charge in [0.25, 0.3) is 11.5 Å². The van der Waals surface area contributed by atoms with Crippen LogP contribution in [-0.2, 0) is 21.7 Å². The number of nitrogens with zero attached hydrogens (tertiary/aromatic N) is 2. The number of benzene rings is 3. The largest absolute Gasteiger partial charge is 0.432 e. The van der Waals surface area contributed by atoms with Gasteiger partial charge in [-0.3, -0.25) is 14.7 Å². The van der Waals surface area contributed by atoms with E-state index in [1.54, 1.807) is 11.0 Å². The van der Waals surface area contributed by atoms with Crippen LogP contribution in [0.2, 0.25) is 18.6 Å². The van der Waals surface area contributed by atoms with Crippen molar-refractivity contribution in [3.8, 4) is 5.69 Å². The van der Waals surface area contributed by atoms with Crippen LogP contribution in [0.5, 0.6) is 0 Å². The Morgan fingerprint density at radius 2 is 1.85 bits per heavy atom. The number of rotatable bonds is 6. The lowest BCUT2D eigenvalue weighted by atomic mass is 9.82. The zero-order valence-electron chi connectivity index (χ0n) is 22.6. The smallest absolute Gasteiger partial charge is 0.279 e. The van der Waals surface area contributed by atoms with E-state index in [1.807, 2.05) is 80.7 Å². The van der Waals surface area contributed by atoms with E-state index in [9.17, 15) is 19.5 Å². The number of hydrogen-bond acceptors (Lipinski definition) is 5. The summed E-state index contributed by atoms with van der Waals surface area (Å²) in [5.74, 6) is -0.470. The first kappa shape index (κ1) is 27.2. The van der Waals surface area contributed by atoms with E-state index in [1.165, 1.54) is 4.68 Å². The number of anilines is 1. The van der Waals surface area contributed by atoms with Gasteiger partial charge in [-0.1, -0.05) is 47.1 Å². The summed E-state index contributed by atoms with van der Waals surface area (Å²) in [4.78, 5) is 40.5. The molecule has 10 heteroatoms. The number of hydrogen-bond donors (Lipinski definition) is 3. The number of halogens is 1. The molecule has 3 N–H and O–H groups in total. The Labute approximate surface area is 241 Å². The molecule has 3 heterocycles. The summed E-state index contributed by atoms with van der Waals surface area (Å²) in [6.07, 6.45) is -0.0781. The van der Waals surface area contributed by atoms with Gasteiger partial charge >= 0.3 is 0 Å². The van der Waals surface area contributed by atoms with Crippen LogP contribution in [0.1, 0.15) is 24.5 Å². The second-order valence-electron chi connectivity index (χ2n) is 11.4. The third-order valence-electron chi connectivity index (χ3n) is 8.46. The minimum atomic E-state index is -2.76. The van der Waals surface area contributed by atoms with Crippen molar-refractivity contribution >= 4 is 46.7 Å². The number of carbonyl (C=O) groups excluding carboxylic acids is 1. The van der Waals surface area contributed by atoms with E-state index in [4.69, 9.17) is 4.74 Å². The van der Waals surface area contributed by atoms with Gasteiger partial charge in [-0.25, -0.2) is 4.68 Å². The number of aliphatic hydroxyl groups is 1. The summed E-state index contributed by atoms with van der Waals surface area (Å²) < 4.78 is 9.01. The predicted octanol–water partition coefficient (Wildman–Crippen LogP) is 4.81. The first-order valence-corrected chi connectivity index (χ1v) is 17.3. The molecular formula is C30H32BrN3O5Si. The molecule has 1 aromatic heterocycles. The highest BCUT2D eigenvalue weighted by molar-refractivity contribution is 9.10. The minimum absolute atomic E-state index is 0.0857. The van der Waals surface area contributed by atoms with Crippen LogP contribution < -0.4 is 10.5 Å². The van der Waals surface area contributed by atoms with Crippen LogP contribution in [0.4, 0.5) is 5.69 Å². The van der Waals surface area contributed by atoms with Gasteiger partial charge in [0.1, 0.15) is 0 Å². The van der Waals surface area contributed by atoms with Gasteiger partial charge in [0, 0.05) is 28.1 Å². The molecule has 3 aromatic carbocycles. The average molecular weight is 623 g/mol. The Balaban J connectivity index is 1.41. The summed E-state index contributed by atoms with van der Waals surface area (Å²) >= 11 is 3.58. The average Bonchev–Trinajstić information content (AvgIpc) is 3.49. The number of carbonyl (C=O) groups is 1. The number of aromatic amines is 1. The second-order valence-corrected chi connectivity index (χ2v) is 16.3. The maximum absolute atomic E-state index is 14.5. The van der Waals surface area contributed by atoms with Gasteiger partial charge < -0.3 is 19.5 Å². The lowest BCUT2D eigenvalue weighted by Crippen LogP contribution is -2.46. The normalized spacial score (nSPS) is 24.4. The summed E-state index contributed by atoms with van der Waals surface area (Å²) in [6.45, 7) is 5.93. The number of aromatic nitrogens is 2. The monoisotopic (exact) mass is 621 g/mol. The fourth-order valence-electron chi connectivity index (χ4n) is 6.82. The zero-order valence-corrected chi connectivity index (χ0v) is 25.2. The van der Waals surface area contributed by atoms with Crippen molar-refractivity contribution in [1.29, 1.82) is 0 Å². The van der Waals surface area contributed by atoms with Crippen LogP contribution in [-0.4, -0.2) is 46.6 Å². The fraction of sp³-hybridized carbons (Fsp3) is 0.333. The maximum atomic E-state index is 14.5. The predicted molar refractivity (Wildman–Crippen MR) is 160 cm³/mol. The van der Waals surface area contributed by atoms with Gasteiger partial charge in [0.15, 0.2) is 13.9 Å². The maximum Gasteiger partial charge on any atom is 0.279 e. The van der Waals surface area contributed by atoms with Gasteiger partial charge in [0.05, 0.1) is 34.9 Å². The molecule has 0 radical (unpaired) electrons. The summed E-state index contributed by atoms with van der Waals surface area (Å²) in [5.41, 5.74) is 2.19. The summed E-state index contributed by atoms with van der Waals surface area (Å²) in [5, 5.41) is 13.6. The molecule has 2 aliphatic heterocycles. The number of aliphatic hydroxyl groups excluding tert-OH is 1. The molecule has 1 fully saturated rings. The topological polar surface area (TPSA) is 108 Å². The molecule has 0 saturated carbocycles. The minimum Gasteiger partial charge on any atom is -0.432 e. The molecule has 6 rings (SSSR count). The van der Waals surface area contributed by atoms with E-state index in [0.29, 0.717) is 17.5 Å². The van der Waals surface area contributed by atoms with E-state index in [2.05, 4.69) is 21.0 Å². The van der Waals surface area contributed by atoms with Crippen molar-refractivity contribution in [3.05, 3.63) is 92.7 Å². The van der Waals surface area contributed by atoms with Crippen molar-refractivity contribution < 1.29 is 19.4 Å². The molecule has 4 aromatic rings. The standard InChI is InChI=1S/C30H32BrN3O5Si/c1-18-27(40(2,3)38)26(13-14-35)39-30(18)23-16-20(31)11-12-25(23)33(29(30)37)17-19-7-6-8-21(15-19)34-28(36)22-9-4-5-10-24(22)32-34/h4-12,15-16,18,26-27,32,35,38H,13-14,17H2,1-3H3/t18-,26+,27-,30+/m1/s1. The number of amides is 1. The fourth-order valence-corrected chi connectivity index (χ4v) is 9.78. The van der Waals surface area contributed by atoms with Crippen molar-refractivity contribution in [1.82, 2.24) is 9.78 Å². The Hall–Kier alpha value is -3.02.